The molecule has 1 aliphatic rings. The Morgan fingerprint density at radius 2 is 1.77 bits per heavy atom. The molecule has 0 aliphatic carbocycles. The molecule has 0 spiro atoms. The van der Waals surface area contributed by atoms with Gasteiger partial charge in [0.2, 0.25) is 0 Å². The topological polar surface area (TPSA) is 71.0 Å². The van der Waals surface area contributed by atoms with E-state index in [2.05, 4.69) is 20.3 Å². The summed E-state index contributed by atoms with van der Waals surface area (Å²) in [4.78, 5) is 26.1. The summed E-state index contributed by atoms with van der Waals surface area (Å²) in [5.41, 5.74) is -0.921. The normalized spacial score (nSPS) is 15.5. The largest absolute Gasteiger partial charge is 0.433 e. The van der Waals surface area contributed by atoms with E-state index in [0.29, 0.717) is 11.4 Å². The van der Waals surface area contributed by atoms with E-state index in [1.165, 1.54) is 12.4 Å². The lowest BCUT2D eigenvalue weighted by molar-refractivity contribution is -0.141. The number of halogens is 5. The molecular weight excluding hydrogens is 469 g/mol. The van der Waals surface area contributed by atoms with Crippen LogP contribution in [0.15, 0.2) is 48.8 Å². The molecule has 3 aromatic rings. The molecule has 11 heteroatoms. The maximum Gasteiger partial charge on any atom is 0.433 e. The third-order valence-electron chi connectivity index (χ3n) is 5.53. The summed E-state index contributed by atoms with van der Waals surface area (Å²) in [5.74, 6) is -3.62. The maximum absolute atomic E-state index is 14.0. The van der Waals surface area contributed by atoms with Gasteiger partial charge in [0.15, 0.2) is 5.82 Å². The number of nitrogens with one attached hydrogen (secondary N) is 1. The lowest BCUT2D eigenvalue weighted by atomic mass is 10.0. The summed E-state index contributed by atoms with van der Waals surface area (Å²) in [7, 11) is 0. The number of anilines is 2. The van der Waals surface area contributed by atoms with E-state index in [1.807, 2.05) is 13.8 Å². The number of carbonyl (C=O) groups is 1. The van der Waals surface area contributed by atoms with Crippen LogP contribution in [0.4, 0.5) is 33.5 Å². The fourth-order valence-corrected chi connectivity index (χ4v) is 3.73. The molecule has 6 nitrogen and oxygen atoms in total. The highest BCUT2D eigenvalue weighted by atomic mass is 19.4. The molecule has 1 amide bonds. The molecule has 0 atom stereocenters. The number of hydrogen-bond acceptors (Lipinski definition) is 5. The standard InChI is InChI=1S/C24H22F5N5O/c1-14(2)20-30-11-16(12-31-20)22(35)33-19-17(15-6-4-3-5-7-15)10-18(24(27,28)29)32-21(19)34-9-8-23(25,26)13-34/h3-7,10-12,14H,8-9,13H2,1-2H3,(H,33,35). The average Bonchev–Trinajstić information content (AvgIpc) is 3.18. The number of rotatable bonds is 5. The average molecular weight is 491 g/mol. The van der Waals surface area contributed by atoms with Crippen molar-refractivity contribution in [1.29, 1.82) is 0 Å². The molecule has 1 fully saturated rings. The first-order chi connectivity index (χ1) is 16.4. The van der Waals surface area contributed by atoms with E-state index in [1.54, 1.807) is 30.3 Å². The van der Waals surface area contributed by atoms with Crippen LogP contribution in [-0.2, 0) is 6.18 Å². The number of pyridine rings is 1. The summed E-state index contributed by atoms with van der Waals surface area (Å²) >= 11 is 0. The Balaban J connectivity index is 1.85. The van der Waals surface area contributed by atoms with Gasteiger partial charge in [-0.05, 0) is 11.6 Å². The second kappa shape index (κ2) is 9.20. The van der Waals surface area contributed by atoms with Crippen LogP contribution >= 0.6 is 0 Å². The van der Waals surface area contributed by atoms with Gasteiger partial charge in [-0.15, -0.1) is 0 Å². The van der Waals surface area contributed by atoms with Crippen LogP contribution < -0.4 is 10.2 Å². The lowest BCUT2D eigenvalue weighted by Crippen LogP contribution is -2.28. The van der Waals surface area contributed by atoms with E-state index in [0.717, 1.165) is 11.0 Å². The van der Waals surface area contributed by atoms with Gasteiger partial charge in [0, 0.05) is 36.8 Å². The quantitative estimate of drug-likeness (QED) is 0.459. The van der Waals surface area contributed by atoms with Crippen molar-refractivity contribution in [3.05, 3.63) is 65.9 Å². The summed E-state index contributed by atoms with van der Waals surface area (Å²) in [6, 6.07) is 8.86. The molecule has 1 N–H and O–H groups in total. The Morgan fingerprint density at radius 3 is 2.31 bits per heavy atom. The van der Waals surface area contributed by atoms with Crippen LogP contribution in [0, 0.1) is 0 Å². The summed E-state index contributed by atoms with van der Waals surface area (Å²) in [6.45, 7) is 2.73. The fourth-order valence-electron chi connectivity index (χ4n) is 3.73. The molecule has 0 saturated carbocycles. The van der Waals surface area contributed by atoms with Gasteiger partial charge in [-0.2, -0.15) is 13.2 Å². The predicted molar refractivity (Wildman–Crippen MR) is 121 cm³/mol. The highest BCUT2D eigenvalue weighted by molar-refractivity contribution is 6.08. The van der Waals surface area contributed by atoms with Crippen molar-refractivity contribution in [3.8, 4) is 11.1 Å². The van der Waals surface area contributed by atoms with E-state index < -0.39 is 36.7 Å². The Bertz CT molecular complexity index is 1210. The number of benzene rings is 1. The summed E-state index contributed by atoms with van der Waals surface area (Å²) in [6.07, 6.45) is -2.75. The first kappa shape index (κ1) is 24.5. The van der Waals surface area contributed by atoms with Gasteiger partial charge >= 0.3 is 6.18 Å². The van der Waals surface area contributed by atoms with Gasteiger partial charge in [0.05, 0.1) is 17.8 Å². The Labute approximate surface area is 198 Å². The summed E-state index contributed by atoms with van der Waals surface area (Å²) in [5, 5.41) is 2.59. The second-order valence-electron chi connectivity index (χ2n) is 8.58. The van der Waals surface area contributed by atoms with E-state index in [-0.39, 0.29) is 35.1 Å². The Morgan fingerprint density at radius 1 is 1.11 bits per heavy atom. The van der Waals surface area contributed by atoms with Crippen LogP contribution in [-0.4, -0.2) is 39.9 Å². The smallest absolute Gasteiger partial charge is 0.349 e. The molecule has 4 rings (SSSR count). The van der Waals surface area contributed by atoms with Crippen molar-refractivity contribution >= 4 is 17.4 Å². The SMILES string of the molecule is CC(C)c1ncc(C(=O)Nc2c(-c3ccccc3)cc(C(F)(F)F)nc2N2CCC(F)(F)C2)cn1. The van der Waals surface area contributed by atoms with Crippen molar-refractivity contribution in [1.82, 2.24) is 15.0 Å². The minimum absolute atomic E-state index is 0.00575. The van der Waals surface area contributed by atoms with E-state index >= 15 is 0 Å². The third kappa shape index (κ3) is 5.39. The van der Waals surface area contributed by atoms with Gasteiger partial charge in [0.25, 0.3) is 11.8 Å². The van der Waals surface area contributed by atoms with Gasteiger partial charge in [-0.25, -0.2) is 23.7 Å². The van der Waals surface area contributed by atoms with Crippen LogP contribution in [0.1, 0.15) is 48.1 Å². The number of aromatic nitrogens is 3. The minimum Gasteiger partial charge on any atom is -0.349 e. The number of alkyl halides is 5. The molecule has 184 valence electrons. The monoisotopic (exact) mass is 491 g/mol. The highest BCUT2D eigenvalue weighted by Crippen LogP contribution is 2.42. The number of carbonyl (C=O) groups excluding carboxylic acids is 1. The van der Waals surface area contributed by atoms with E-state index in [4.69, 9.17) is 0 Å². The zero-order chi connectivity index (χ0) is 25.4. The highest BCUT2D eigenvalue weighted by Gasteiger charge is 2.42. The molecule has 1 aromatic carbocycles. The van der Waals surface area contributed by atoms with Crippen LogP contribution in [0.2, 0.25) is 0 Å². The first-order valence-corrected chi connectivity index (χ1v) is 10.9. The van der Waals surface area contributed by atoms with Gasteiger partial charge in [-0.1, -0.05) is 44.2 Å². The number of amides is 1. The molecule has 1 saturated heterocycles. The molecule has 1 aliphatic heterocycles. The van der Waals surface area contributed by atoms with Crippen LogP contribution in [0.25, 0.3) is 11.1 Å². The molecule has 35 heavy (non-hydrogen) atoms. The van der Waals surface area contributed by atoms with E-state index in [9.17, 15) is 26.7 Å². The zero-order valence-corrected chi connectivity index (χ0v) is 18.9. The van der Waals surface area contributed by atoms with Crippen molar-refractivity contribution < 1.29 is 26.7 Å². The molecule has 0 radical (unpaired) electrons. The van der Waals surface area contributed by atoms with Crippen LogP contribution in [0.5, 0.6) is 0 Å². The molecule has 0 bridgehead atoms. The van der Waals surface area contributed by atoms with Gasteiger partial charge in [0.1, 0.15) is 11.5 Å². The van der Waals surface area contributed by atoms with Crippen molar-refractivity contribution in [2.45, 2.75) is 38.3 Å². The van der Waals surface area contributed by atoms with Crippen molar-refractivity contribution in [3.63, 3.8) is 0 Å². The summed E-state index contributed by atoms with van der Waals surface area (Å²) < 4.78 is 69.2. The van der Waals surface area contributed by atoms with Gasteiger partial charge in [-0.3, -0.25) is 4.79 Å². The van der Waals surface area contributed by atoms with Crippen molar-refractivity contribution in [2.24, 2.45) is 0 Å². The second-order valence-corrected chi connectivity index (χ2v) is 8.58. The predicted octanol–water partition coefficient (Wildman–Crippen LogP) is 5.78. The number of hydrogen-bond donors (Lipinski definition) is 1. The number of nitrogens with zero attached hydrogens (tertiary/aromatic N) is 4. The minimum atomic E-state index is -4.83. The molecular formula is C24H22F5N5O. The maximum atomic E-state index is 14.0. The van der Waals surface area contributed by atoms with Gasteiger partial charge < -0.3 is 10.2 Å². The Kier molecular flexibility index (Phi) is 6.44. The molecule has 3 heterocycles. The van der Waals surface area contributed by atoms with Crippen LogP contribution in [0.3, 0.4) is 0 Å². The Hall–Kier alpha value is -3.63. The lowest BCUT2D eigenvalue weighted by Gasteiger charge is -2.24. The first-order valence-electron chi connectivity index (χ1n) is 10.9. The van der Waals surface area contributed by atoms with Crippen molar-refractivity contribution in [2.75, 3.05) is 23.3 Å². The molecule has 0 unspecified atom stereocenters. The fraction of sp³-hybridized carbons (Fsp3) is 0.333. The zero-order valence-electron chi connectivity index (χ0n) is 18.9. The third-order valence-corrected chi connectivity index (χ3v) is 5.53. The molecule has 2 aromatic heterocycles.